The van der Waals surface area contributed by atoms with Gasteiger partial charge in [0.2, 0.25) is 0 Å². The molecule has 2 aliphatic rings. The number of fused-ring (bicyclic) bond motifs is 1. The molecular weight excluding hydrogens is 130 g/mol. The number of amides is 1. The second-order valence-corrected chi connectivity index (χ2v) is 2.35. The zero-order valence-electron chi connectivity index (χ0n) is 5.33. The van der Waals surface area contributed by atoms with Gasteiger partial charge >= 0.3 is 0 Å². The highest BCUT2D eigenvalue weighted by atomic mass is 16.7. The summed E-state index contributed by atoms with van der Waals surface area (Å²) in [4.78, 5) is 15.8. The highest BCUT2D eigenvalue weighted by molar-refractivity contribution is 5.82. The van der Waals surface area contributed by atoms with Crippen LogP contribution >= 0.6 is 0 Å². The third-order valence-electron chi connectivity index (χ3n) is 1.70. The molecule has 1 saturated heterocycles. The van der Waals surface area contributed by atoms with Crippen molar-refractivity contribution in [2.75, 3.05) is 0 Å². The molecule has 0 aromatic carbocycles. The van der Waals surface area contributed by atoms with E-state index in [0.29, 0.717) is 0 Å². The van der Waals surface area contributed by atoms with Crippen molar-refractivity contribution in [2.45, 2.75) is 6.42 Å². The maximum atomic E-state index is 10.9. The number of carbonyl (C=O) groups is 1. The molecule has 2 rings (SSSR count). The van der Waals surface area contributed by atoms with Crippen LogP contribution in [0.4, 0.5) is 0 Å². The standard InChI is InChI=1S/C7H7NO2/c9-7-5-3-1-2-4-6(5)10-8-7/h1-2,4-5H,3H2,(H,8,9). The van der Waals surface area contributed by atoms with E-state index in [0.717, 1.165) is 12.2 Å². The van der Waals surface area contributed by atoms with Crippen molar-refractivity contribution in [1.29, 1.82) is 0 Å². The number of allylic oxidation sites excluding steroid dienone is 3. The average molecular weight is 137 g/mol. The normalized spacial score (nSPS) is 28.6. The lowest BCUT2D eigenvalue weighted by molar-refractivity contribution is -0.125. The smallest absolute Gasteiger partial charge is 0.263 e. The molecule has 1 aliphatic carbocycles. The van der Waals surface area contributed by atoms with Gasteiger partial charge in [0.05, 0.1) is 0 Å². The molecule has 0 spiro atoms. The van der Waals surface area contributed by atoms with Crippen LogP contribution < -0.4 is 5.48 Å². The molecule has 1 fully saturated rings. The molecule has 0 bridgehead atoms. The van der Waals surface area contributed by atoms with Gasteiger partial charge in [0.15, 0.2) is 0 Å². The molecule has 1 N–H and O–H groups in total. The van der Waals surface area contributed by atoms with Crippen LogP contribution in [-0.4, -0.2) is 5.91 Å². The summed E-state index contributed by atoms with van der Waals surface area (Å²) >= 11 is 0. The number of hydrogen-bond donors (Lipinski definition) is 1. The van der Waals surface area contributed by atoms with Gasteiger partial charge in [-0.3, -0.25) is 4.79 Å². The van der Waals surface area contributed by atoms with Crippen molar-refractivity contribution in [3.8, 4) is 0 Å². The van der Waals surface area contributed by atoms with Gasteiger partial charge in [-0.1, -0.05) is 12.2 Å². The number of hydroxylamine groups is 1. The van der Waals surface area contributed by atoms with E-state index in [-0.39, 0.29) is 11.8 Å². The zero-order chi connectivity index (χ0) is 6.97. The van der Waals surface area contributed by atoms with Crippen LogP contribution in [0.25, 0.3) is 0 Å². The van der Waals surface area contributed by atoms with Crippen molar-refractivity contribution >= 4 is 5.91 Å². The second-order valence-electron chi connectivity index (χ2n) is 2.35. The van der Waals surface area contributed by atoms with Crippen molar-refractivity contribution < 1.29 is 9.63 Å². The summed E-state index contributed by atoms with van der Waals surface area (Å²) in [5.74, 6) is 0.646. The SMILES string of the molecule is O=C1NOC2=CC=CCC12. The first kappa shape index (κ1) is 5.53. The topological polar surface area (TPSA) is 38.3 Å². The number of hydrogen-bond acceptors (Lipinski definition) is 2. The fourth-order valence-corrected chi connectivity index (χ4v) is 1.13. The highest BCUT2D eigenvalue weighted by Gasteiger charge is 2.31. The molecule has 3 heteroatoms. The van der Waals surface area contributed by atoms with Gasteiger partial charge in [-0.25, -0.2) is 0 Å². The minimum Gasteiger partial charge on any atom is -0.383 e. The quantitative estimate of drug-likeness (QED) is 0.528. The van der Waals surface area contributed by atoms with E-state index in [9.17, 15) is 4.79 Å². The summed E-state index contributed by atoms with van der Waals surface area (Å²) < 4.78 is 0. The lowest BCUT2D eigenvalue weighted by atomic mass is 9.99. The Morgan fingerprint density at radius 2 is 2.60 bits per heavy atom. The van der Waals surface area contributed by atoms with E-state index < -0.39 is 0 Å². The molecule has 3 nitrogen and oxygen atoms in total. The summed E-state index contributed by atoms with van der Waals surface area (Å²) in [6.07, 6.45) is 6.43. The fraction of sp³-hybridized carbons (Fsp3) is 0.286. The fourth-order valence-electron chi connectivity index (χ4n) is 1.13. The molecule has 52 valence electrons. The zero-order valence-corrected chi connectivity index (χ0v) is 5.33. The van der Waals surface area contributed by atoms with E-state index in [1.54, 1.807) is 0 Å². The summed E-state index contributed by atoms with van der Waals surface area (Å²) in [6.45, 7) is 0. The summed E-state index contributed by atoms with van der Waals surface area (Å²) in [7, 11) is 0. The van der Waals surface area contributed by atoms with Crippen molar-refractivity contribution in [1.82, 2.24) is 5.48 Å². The molecule has 0 aromatic heterocycles. The Bertz CT molecular complexity index is 230. The Morgan fingerprint density at radius 1 is 1.70 bits per heavy atom. The molecule has 1 aliphatic heterocycles. The molecule has 1 amide bonds. The number of nitrogens with one attached hydrogen (secondary N) is 1. The Balaban J connectivity index is 2.31. The Hall–Kier alpha value is -1.25. The third-order valence-corrected chi connectivity index (χ3v) is 1.70. The molecular formula is C7H7NO2. The molecule has 0 aromatic rings. The average Bonchev–Trinajstić information content (AvgIpc) is 2.34. The maximum absolute atomic E-state index is 10.9. The molecule has 1 heterocycles. The van der Waals surface area contributed by atoms with Crippen molar-refractivity contribution in [2.24, 2.45) is 5.92 Å². The van der Waals surface area contributed by atoms with Gasteiger partial charge in [-0.15, -0.1) is 0 Å². The van der Waals surface area contributed by atoms with Crippen LogP contribution in [0.3, 0.4) is 0 Å². The van der Waals surface area contributed by atoms with E-state index in [2.05, 4.69) is 5.48 Å². The van der Waals surface area contributed by atoms with Gasteiger partial charge in [-0.05, 0) is 12.5 Å². The van der Waals surface area contributed by atoms with Crippen LogP contribution in [0.5, 0.6) is 0 Å². The molecule has 0 radical (unpaired) electrons. The third kappa shape index (κ3) is 0.635. The first-order valence-electron chi connectivity index (χ1n) is 3.21. The van der Waals surface area contributed by atoms with Crippen LogP contribution in [0, 0.1) is 5.92 Å². The summed E-state index contributed by atoms with van der Waals surface area (Å²) in [5, 5.41) is 0. The van der Waals surface area contributed by atoms with Gasteiger partial charge in [0, 0.05) is 0 Å². The van der Waals surface area contributed by atoms with E-state index in [1.807, 2.05) is 18.2 Å². The van der Waals surface area contributed by atoms with Crippen LogP contribution in [0.15, 0.2) is 24.0 Å². The second kappa shape index (κ2) is 1.87. The van der Waals surface area contributed by atoms with Gasteiger partial charge < -0.3 is 4.84 Å². The molecule has 0 saturated carbocycles. The lowest BCUT2D eigenvalue weighted by Crippen LogP contribution is -2.18. The highest BCUT2D eigenvalue weighted by Crippen LogP contribution is 2.25. The summed E-state index contributed by atoms with van der Waals surface area (Å²) in [6, 6.07) is 0. The molecule has 10 heavy (non-hydrogen) atoms. The number of carbonyl (C=O) groups excluding carboxylic acids is 1. The minimum absolute atomic E-state index is 0.0319. The first-order valence-corrected chi connectivity index (χ1v) is 3.21. The predicted octanol–water partition coefficient (Wildman–Crippen LogP) is 0.508. The maximum Gasteiger partial charge on any atom is 0.263 e. The van der Waals surface area contributed by atoms with Gasteiger partial charge in [0.25, 0.3) is 5.91 Å². The van der Waals surface area contributed by atoms with Crippen LogP contribution in [0.1, 0.15) is 6.42 Å². The Kier molecular flexibility index (Phi) is 1.03. The van der Waals surface area contributed by atoms with Crippen LogP contribution in [-0.2, 0) is 9.63 Å². The van der Waals surface area contributed by atoms with E-state index in [4.69, 9.17) is 4.84 Å². The van der Waals surface area contributed by atoms with E-state index >= 15 is 0 Å². The van der Waals surface area contributed by atoms with Gasteiger partial charge in [0.1, 0.15) is 11.7 Å². The number of rotatable bonds is 0. The largest absolute Gasteiger partial charge is 0.383 e. The Morgan fingerprint density at radius 3 is 3.40 bits per heavy atom. The first-order chi connectivity index (χ1) is 4.88. The Labute approximate surface area is 58.3 Å². The minimum atomic E-state index is -0.0648. The van der Waals surface area contributed by atoms with Crippen molar-refractivity contribution in [3.05, 3.63) is 24.0 Å². The van der Waals surface area contributed by atoms with Crippen molar-refractivity contribution in [3.63, 3.8) is 0 Å². The summed E-state index contributed by atoms with van der Waals surface area (Å²) in [5.41, 5.74) is 2.31. The van der Waals surface area contributed by atoms with Crippen LogP contribution in [0.2, 0.25) is 0 Å². The van der Waals surface area contributed by atoms with E-state index in [1.165, 1.54) is 0 Å². The predicted molar refractivity (Wildman–Crippen MR) is 34.6 cm³/mol. The monoisotopic (exact) mass is 137 g/mol. The van der Waals surface area contributed by atoms with Gasteiger partial charge in [-0.2, -0.15) is 5.48 Å². The molecule has 1 atom stereocenters. The molecule has 1 unspecified atom stereocenters. The lowest BCUT2D eigenvalue weighted by Gasteiger charge is -2.04.